The van der Waals surface area contributed by atoms with Crippen LogP contribution in [0.2, 0.25) is 0 Å². The van der Waals surface area contributed by atoms with Gasteiger partial charge in [0.05, 0.1) is 0 Å². The highest BCUT2D eigenvalue weighted by Gasteiger charge is 2.50. The molecule has 6 nitrogen and oxygen atoms in total. The first-order valence-corrected chi connectivity index (χ1v) is 8.83. The normalized spacial score (nSPS) is 16.1. The molecule has 4 amide bonds. The summed E-state index contributed by atoms with van der Waals surface area (Å²) in [6, 6.07) is 5.24. The lowest BCUT2D eigenvalue weighted by Crippen LogP contribution is -2.47. The van der Waals surface area contributed by atoms with Crippen molar-refractivity contribution in [1.29, 1.82) is 0 Å². The SMILES string of the molecule is CCCC1(CCC)NC(=O)N(CC(=O)Nc2cc(C)cc(C)c2)C1=O. The van der Waals surface area contributed by atoms with Crippen LogP contribution in [0.25, 0.3) is 0 Å². The summed E-state index contributed by atoms with van der Waals surface area (Å²) in [6.45, 7) is 7.58. The van der Waals surface area contributed by atoms with E-state index in [1.165, 1.54) is 0 Å². The second-order valence-corrected chi connectivity index (χ2v) is 6.83. The number of carbonyl (C=O) groups is 3. The first-order valence-electron chi connectivity index (χ1n) is 8.83. The van der Waals surface area contributed by atoms with E-state index >= 15 is 0 Å². The molecule has 1 aliphatic rings. The maximum atomic E-state index is 12.8. The van der Waals surface area contributed by atoms with Crippen LogP contribution in [0, 0.1) is 13.8 Å². The maximum Gasteiger partial charge on any atom is 0.325 e. The molecule has 1 aromatic rings. The van der Waals surface area contributed by atoms with Crippen molar-refractivity contribution >= 4 is 23.5 Å². The summed E-state index contributed by atoms with van der Waals surface area (Å²) in [4.78, 5) is 38.4. The van der Waals surface area contributed by atoms with Crippen LogP contribution in [0.5, 0.6) is 0 Å². The number of rotatable bonds is 7. The van der Waals surface area contributed by atoms with Gasteiger partial charge in [-0.2, -0.15) is 0 Å². The Balaban J connectivity index is 2.09. The van der Waals surface area contributed by atoms with Crippen molar-refractivity contribution in [3.8, 4) is 0 Å². The van der Waals surface area contributed by atoms with Gasteiger partial charge < -0.3 is 10.6 Å². The Morgan fingerprint density at radius 2 is 1.64 bits per heavy atom. The molecule has 0 aromatic heterocycles. The van der Waals surface area contributed by atoms with E-state index in [0.29, 0.717) is 18.5 Å². The lowest BCUT2D eigenvalue weighted by Gasteiger charge is -2.25. The van der Waals surface area contributed by atoms with Crippen LogP contribution in [-0.4, -0.2) is 34.8 Å². The van der Waals surface area contributed by atoms with Crippen LogP contribution in [0.15, 0.2) is 18.2 Å². The number of anilines is 1. The molecular weight excluding hydrogens is 318 g/mol. The summed E-state index contributed by atoms with van der Waals surface area (Å²) >= 11 is 0. The Morgan fingerprint density at radius 3 is 2.16 bits per heavy atom. The lowest BCUT2D eigenvalue weighted by atomic mass is 9.88. The highest BCUT2D eigenvalue weighted by molar-refractivity contribution is 6.10. The molecule has 1 fully saturated rings. The molecule has 0 spiro atoms. The van der Waals surface area contributed by atoms with Gasteiger partial charge in [-0.15, -0.1) is 0 Å². The molecule has 1 aliphatic heterocycles. The van der Waals surface area contributed by atoms with Gasteiger partial charge in [-0.25, -0.2) is 4.79 Å². The van der Waals surface area contributed by atoms with Gasteiger partial charge in [0.1, 0.15) is 12.1 Å². The van der Waals surface area contributed by atoms with Crippen LogP contribution in [0.4, 0.5) is 10.5 Å². The lowest BCUT2D eigenvalue weighted by molar-refractivity contribution is -0.134. The predicted octanol–water partition coefficient (Wildman–Crippen LogP) is 3.13. The van der Waals surface area contributed by atoms with Gasteiger partial charge in [0.2, 0.25) is 5.91 Å². The molecule has 0 atom stereocenters. The second-order valence-electron chi connectivity index (χ2n) is 6.83. The highest BCUT2D eigenvalue weighted by atomic mass is 16.2. The molecule has 2 N–H and O–H groups in total. The topological polar surface area (TPSA) is 78.5 Å². The third-order valence-electron chi connectivity index (χ3n) is 4.41. The van der Waals surface area contributed by atoms with Gasteiger partial charge in [-0.3, -0.25) is 14.5 Å². The van der Waals surface area contributed by atoms with Crippen LogP contribution >= 0.6 is 0 Å². The number of amides is 4. The minimum atomic E-state index is -0.860. The molecule has 6 heteroatoms. The zero-order chi connectivity index (χ0) is 18.6. The van der Waals surface area contributed by atoms with Gasteiger partial charge in [-0.05, 0) is 49.9 Å². The molecule has 136 valence electrons. The molecule has 1 saturated heterocycles. The smallest absolute Gasteiger partial charge is 0.325 e. The largest absolute Gasteiger partial charge is 0.325 e. The number of imide groups is 1. The minimum absolute atomic E-state index is 0.271. The minimum Gasteiger partial charge on any atom is -0.325 e. The van der Waals surface area contributed by atoms with Crippen molar-refractivity contribution in [1.82, 2.24) is 10.2 Å². The van der Waals surface area contributed by atoms with Gasteiger partial charge in [-0.1, -0.05) is 32.8 Å². The fourth-order valence-electron chi connectivity index (χ4n) is 3.53. The zero-order valence-corrected chi connectivity index (χ0v) is 15.4. The molecule has 0 aliphatic carbocycles. The second kappa shape index (κ2) is 7.68. The Morgan fingerprint density at radius 1 is 1.08 bits per heavy atom. The molecule has 25 heavy (non-hydrogen) atoms. The first-order chi connectivity index (χ1) is 11.8. The molecule has 0 bridgehead atoms. The summed E-state index contributed by atoms with van der Waals surface area (Å²) in [5.74, 6) is -0.672. The predicted molar refractivity (Wildman–Crippen MR) is 97.3 cm³/mol. The third kappa shape index (κ3) is 4.18. The van der Waals surface area contributed by atoms with Gasteiger partial charge >= 0.3 is 6.03 Å². The molecule has 0 saturated carbocycles. The van der Waals surface area contributed by atoms with Crippen LogP contribution < -0.4 is 10.6 Å². The summed E-state index contributed by atoms with van der Waals surface area (Å²) in [5.41, 5.74) is 1.88. The standard InChI is InChI=1S/C19H27N3O3/c1-5-7-19(8-6-2)17(24)22(18(25)21-19)12-16(23)20-15-10-13(3)9-14(4)11-15/h9-11H,5-8,12H2,1-4H3,(H,20,23)(H,21,25). The molecule has 0 unspecified atom stereocenters. The van der Waals surface area contributed by atoms with Crippen LogP contribution in [0.1, 0.15) is 50.7 Å². The number of carbonyl (C=O) groups excluding carboxylic acids is 3. The molecule has 1 aromatic carbocycles. The number of hydrogen-bond acceptors (Lipinski definition) is 3. The summed E-state index contributed by atoms with van der Waals surface area (Å²) in [7, 11) is 0. The quantitative estimate of drug-likeness (QED) is 0.745. The van der Waals surface area contributed by atoms with Crippen molar-refractivity contribution in [3.05, 3.63) is 29.3 Å². The average molecular weight is 345 g/mol. The molecule has 1 heterocycles. The van der Waals surface area contributed by atoms with Gasteiger partial charge in [0.25, 0.3) is 5.91 Å². The van der Waals surface area contributed by atoms with Gasteiger partial charge in [0, 0.05) is 5.69 Å². The zero-order valence-electron chi connectivity index (χ0n) is 15.4. The summed E-state index contributed by atoms with van der Waals surface area (Å²) in [5, 5.41) is 5.58. The molecule has 0 radical (unpaired) electrons. The molecule has 2 rings (SSSR count). The number of urea groups is 1. The fraction of sp³-hybridized carbons (Fsp3) is 0.526. The Bertz CT molecular complexity index is 658. The Kier molecular flexibility index (Phi) is 5.82. The monoisotopic (exact) mass is 345 g/mol. The van der Waals surface area contributed by atoms with Crippen molar-refractivity contribution in [2.75, 3.05) is 11.9 Å². The highest BCUT2D eigenvalue weighted by Crippen LogP contribution is 2.28. The summed E-state index contributed by atoms with van der Waals surface area (Å²) < 4.78 is 0. The van der Waals surface area contributed by atoms with E-state index < -0.39 is 11.6 Å². The van der Waals surface area contributed by atoms with Crippen molar-refractivity contribution in [2.24, 2.45) is 0 Å². The van der Waals surface area contributed by atoms with E-state index in [-0.39, 0.29) is 18.4 Å². The number of benzene rings is 1. The molecular formula is C19H27N3O3. The number of nitrogens with zero attached hydrogens (tertiary/aromatic N) is 1. The van der Waals surface area contributed by atoms with E-state index in [9.17, 15) is 14.4 Å². The van der Waals surface area contributed by atoms with E-state index in [0.717, 1.165) is 28.9 Å². The van der Waals surface area contributed by atoms with Crippen LogP contribution in [0.3, 0.4) is 0 Å². The number of nitrogens with one attached hydrogen (secondary N) is 2. The fourth-order valence-corrected chi connectivity index (χ4v) is 3.53. The number of hydrogen-bond donors (Lipinski definition) is 2. The van der Waals surface area contributed by atoms with E-state index in [1.54, 1.807) is 0 Å². The van der Waals surface area contributed by atoms with Crippen LogP contribution in [-0.2, 0) is 9.59 Å². The third-order valence-corrected chi connectivity index (χ3v) is 4.41. The Hall–Kier alpha value is -2.37. The first kappa shape index (κ1) is 19.0. The maximum absolute atomic E-state index is 12.8. The van der Waals surface area contributed by atoms with Crippen molar-refractivity contribution in [3.63, 3.8) is 0 Å². The average Bonchev–Trinajstić information content (AvgIpc) is 2.71. The van der Waals surface area contributed by atoms with E-state index in [2.05, 4.69) is 10.6 Å². The number of aryl methyl sites for hydroxylation is 2. The van der Waals surface area contributed by atoms with E-state index in [1.807, 2.05) is 45.9 Å². The van der Waals surface area contributed by atoms with Crippen molar-refractivity contribution < 1.29 is 14.4 Å². The van der Waals surface area contributed by atoms with E-state index in [4.69, 9.17) is 0 Å². The summed E-state index contributed by atoms with van der Waals surface area (Å²) in [6.07, 6.45) is 2.74. The van der Waals surface area contributed by atoms with Crippen molar-refractivity contribution in [2.45, 2.75) is 58.9 Å². The Labute approximate surface area is 149 Å². The van der Waals surface area contributed by atoms with Gasteiger partial charge in [0.15, 0.2) is 0 Å².